The van der Waals surface area contributed by atoms with Crippen molar-refractivity contribution in [1.29, 1.82) is 0 Å². The summed E-state index contributed by atoms with van der Waals surface area (Å²) in [6.45, 7) is 3.99. The van der Waals surface area contributed by atoms with Crippen LogP contribution in [0.25, 0.3) is 0 Å². The number of rotatable bonds is 7. The predicted octanol–water partition coefficient (Wildman–Crippen LogP) is 2.04. The van der Waals surface area contributed by atoms with E-state index >= 15 is 0 Å². The zero-order valence-electron chi connectivity index (χ0n) is 11.5. The first-order valence-corrected chi connectivity index (χ1v) is 8.70. The van der Waals surface area contributed by atoms with Crippen LogP contribution in [0, 0.1) is 0 Å². The SMILES string of the molecule is CCCCCCCC(=O)NC1(C)CCS(=O)(=O)C1. The van der Waals surface area contributed by atoms with Gasteiger partial charge in [0.15, 0.2) is 9.84 Å². The molecule has 0 aliphatic carbocycles. The maximum Gasteiger partial charge on any atom is 0.220 e. The molecule has 1 amide bonds. The average Bonchev–Trinajstić information content (AvgIpc) is 2.52. The normalized spacial score (nSPS) is 26.1. The first-order chi connectivity index (χ1) is 8.37. The molecule has 0 aromatic carbocycles. The van der Waals surface area contributed by atoms with Crippen molar-refractivity contribution in [3.63, 3.8) is 0 Å². The van der Waals surface area contributed by atoms with Crippen LogP contribution in [0.3, 0.4) is 0 Å². The van der Waals surface area contributed by atoms with Crippen LogP contribution in [0.4, 0.5) is 0 Å². The molecule has 0 bridgehead atoms. The Labute approximate surface area is 110 Å². The molecule has 106 valence electrons. The molecule has 1 rings (SSSR count). The fourth-order valence-electron chi connectivity index (χ4n) is 2.40. The van der Waals surface area contributed by atoms with Gasteiger partial charge in [-0.3, -0.25) is 4.79 Å². The van der Waals surface area contributed by atoms with Crippen molar-refractivity contribution in [3.05, 3.63) is 0 Å². The quantitative estimate of drug-likeness (QED) is 0.723. The third-order valence-corrected chi connectivity index (χ3v) is 5.36. The van der Waals surface area contributed by atoms with E-state index in [9.17, 15) is 13.2 Å². The Kier molecular flexibility index (Phi) is 5.63. The summed E-state index contributed by atoms with van der Waals surface area (Å²) in [6, 6.07) is 0. The van der Waals surface area contributed by atoms with Crippen LogP contribution in [-0.2, 0) is 14.6 Å². The van der Waals surface area contributed by atoms with E-state index in [0.717, 1.165) is 12.8 Å². The number of hydrogen-bond donors (Lipinski definition) is 1. The number of nitrogens with one attached hydrogen (secondary N) is 1. The average molecular weight is 275 g/mol. The van der Waals surface area contributed by atoms with Gasteiger partial charge in [0.2, 0.25) is 5.91 Å². The highest BCUT2D eigenvalue weighted by molar-refractivity contribution is 7.91. The van der Waals surface area contributed by atoms with Crippen molar-refractivity contribution in [1.82, 2.24) is 5.32 Å². The van der Waals surface area contributed by atoms with Gasteiger partial charge in [0.05, 0.1) is 17.0 Å². The third kappa shape index (κ3) is 5.38. The van der Waals surface area contributed by atoms with Crippen LogP contribution in [0.5, 0.6) is 0 Å². The summed E-state index contributed by atoms with van der Waals surface area (Å²) < 4.78 is 22.8. The number of unbranched alkanes of at least 4 members (excludes halogenated alkanes) is 4. The molecule has 0 spiro atoms. The minimum atomic E-state index is -2.95. The van der Waals surface area contributed by atoms with Crippen molar-refractivity contribution in [2.45, 2.75) is 64.3 Å². The molecule has 4 nitrogen and oxygen atoms in total. The number of amides is 1. The van der Waals surface area contributed by atoms with Crippen molar-refractivity contribution < 1.29 is 13.2 Å². The van der Waals surface area contributed by atoms with E-state index in [2.05, 4.69) is 12.2 Å². The van der Waals surface area contributed by atoms with Gasteiger partial charge in [0.1, 0.15) is 0 Å². The molecule has 1 unspecified atom stereocenters. The summed E-state index contributed by atoms with van der Waals surface area (Å²) in [6.07, 6.45) is 6.62. The van der Waals surface area contributed by atoms with Gasteiger partial charge >= 0.3 is 0 Å². The molecule has 5 heteroatoms. The van der Waals surface area contributed by atoms with E-state index in [1.807, 2.05) is 6.92 Å². The summed E-state index contributed by atoms with van der Waals surface area (Å²) in [4.78, 5) is 11.7. The van der Waals surface area contributed by atoms with Gasteiger partial charge < -0.3 is 5.32 Å². The van der Waals surface area contributed by atoms with Crippen molar-refractivity contribution in [3.8, 4) is 0 Å². The van der Waals surface area contributed by atoms with E-state index in [-0.39, 0.29) is 17.4 Å². The molecule has 1 aliphatic rings. The van der Waals surface area contributed by atoms with E-state index in [0.29, 0.717) is 12.8 Å². The highest BCUT2D eigenvalue weighted by Gasteiger charge is 2.39. The van der Waals surface area contributed by atoms with E-state index in [1.165, 1.54) is 19.3 Å². The van der Waals surface area contributed by atoms with Crippen LogP contribution in [0.15, 0.2) is 0 Å². The lowest BCUT2D eigenvalue weighted by Gasteiger charge is -2.23. The molecule has 1 atom stereocenters. The van der Waals surface area contributed by atoms with Crippen LogP contribution in [-0.4, -0.2) is 31.4 Å². The largest absolute Gasteiger partial charge is 0.350 e. The maximum atomic E-state index is 11.7. The number of carbonyl (C=O) groups excluding carboxylic acids is 1. The lowest BCUT2D eigenvalue weighted by molar-refractivity contribution is -0.122. The lowest BCUT2D eigenvalue weighted by Crippen LogP contribution is -2.46. The molecule has 0 saturated carbocycles. The summed E-state index contributed by atoms with van der Waals surface area (Å²) in [5.41, 5.74) is -0.542. The first-order valence-electron chi connectivity index (χ1n) is 6.88. The Morgan fingerprint density at radius 2 is 1.89 bits per heavy atom. The molecule has 18 heavy (non-hydrogen) atoms. The van der Waals surface area contributed by atoms with Gasteiger partial charge in [-0.2, -0.15) is 0 Å². The maximum absolute atomic E-state index is 11.7. The topological polar surface area (TPSA) is 63.2 Å². The summed E-state index contributed by atoms with van der Waals surface area (Å²) >= 11 is 0. The molecule has 1 heterocycles. The summed E-state index contributed by atoms with van der Waals surface area (Å²) in [5, 5.41) is 2.88. The van der Waals surface area contributed by atoms with Gasteiger partial charge in [0, 0.05) is 6.42 Å². The second kappa shape index (κ2) is 6.55. The summed E-state index contributed by atoms with van der Waals surface area (Å²) in [5.74, 6) is 0.271. The molecule has 1 saturated heterocycles. The standard InChI is InChI=1S/C13H25NO3S/c1-3-4-5-6-7-8-12(15)14-13(2)9-10-18(16,17)11-13/h3-11H2,1-2H3,(H,14,15). The Bertz CT molecular complexity index is 378. The van der Waals surface area contributed by atoms with Crippen LogP contribution in [0.1, 0.15) is 58.8 Å². The molecule has 1 fully saturated rings. The van der Waals surface area contributed by atoms with Crippen LogP contribution >= 0.6 is 0 Å². The Hall–Kier alpha value is -0.580. The van der Waals surface area contributed by atoms with Gasteiger partial charge in [0.25, 0.3) is 0 Å². The van der Waals surface area contributed by atoms with E-state index < -0.39 is 15.4 Å². The Morgan fingerprint density at radius 1 is 1.22 bits per heavy atom. The molecule has 1 N–H and O–H groups in total. The first kappa shape index (κ1) is 15.5. The van der Waals surface area contributed by atoms with Crippen molar-refractivity contribution in [2.75, 3.05) is 11.5 Å². The Morgan fingerprint density at radius 3 is 2.44 bits per heavy atom. The minimum Gasteiger partial charge on any atom is -0.350 e. The van der Waals surface area contributed by atoms with Crippen LogP contribution < -0.4 is 5.32 Å². The highest BCUT2D eigenvalue weighted by atomic mass is 32.2. The number of carbonyl (C=O) groups is 1. The summed E-state index contributed by atoms with van der Waals surface area (Å²) in [7, 11) is -2.95. The fourth-order valence-corrected chi connectivity index (χ4v) is 4.49. The molecule has 0 radical (unpaired) electrons. The zero-order chi connectivity index (χ0) is 13.6. The van der Waals surface area contributed by atoms with Crippen molar-refractivity contribution in [2.24, 2.45) is 0 Å². The monoisotopic (exact) mass is 275 g/mol. The zero-order valence-corrected chi connectivity index (χ0v) is 12.3. The van der Waals surface area contributed by atoms with Gasteiger partial charge in [-0.25, -0.2) is 8.42 Å². The second-order valence-electron chi connectivity index (χ2n) is 5.62. The Balaban J connectivity index is 2.24. The van der Waals surface area contributed by atoms with Crippen LogP contribution in [0.2, 0.25) is 0 Å². The number of hydrogen-bond acceptors (Lipinski definition) is 3. The third-order valence-electron chi connectivity index (χ3n) is 3.45. The highest BCUT2D eigenvalue weighted by Crippen LogP contribution is 2.23. The molecular weight excluding hydrogens is 250 g/mol. The van der Waals surface area contributed by atoms with Gasteiger partial charge in [-0.05, 0) is 19.8 Å². The lowest BCUT2D eigenvalue weighted by atomic mass is 10.0. The number of sulfone groups is 1. The van der Waals surface area contributed by atoms with Crippen molar-refractivity contribution >= 4 is 15.7 Å². The molecule has 0 aromatic rings. The van der Waals surface area contributed by atoms with E-state index in [4.69, 9.17) is 0 Å². The van der Waals surface area contributed by atoms with Gasteiger partial charge in [-0.15, -0.1) is 0 Å². The predicted molar refractivity (Wildman–Crippen MR) is 73.2 cm³/mol. The second-order valence-corrected chi connectivity index (χ2v) is 7.80. The molecular formula is C13H25NO3S. The molecule has 1 aliphatic heterocycles. The van der Waals surface area contributed by atoms with E-state index in [1.54, 1.807) is 0 Å². The minimum absolute atomic E-state index is 0.00824. The van der Waals surface area contributed by atoms with Gasteiger partial charge in [-0.1, -0.05) is 32.6 Å². The smallest absolute Gasteiger partial charge is 0.220 e. The molecule has 0 aromatic heterocycles. The fraction of sp³-hybridized carbons (Fsp3) is 0.923.